The summed E-state index contributed by atoms with van der Waals surface area (Å²) >= 11 is 0. The molecule has 42 heavy (non-hydrogen) atoms. The number of ether oxygens (including phenoxy) is 4. The Hall–Kier alpha value is -4.51. The largest absolute Gasteiger partial charge is 0.510 e. The van der Waals surface area contributed by atoms with Crippen LogP contribution < -0.4 is 0 Å². The van der Waals surface area contributed by atoms with E-state index < -0.39 is 56.0 Å². The molecule has 0 aliphatic heterocycles. The number of hydrogen-bond donors (Lipinski definition) is 0. The number of sulfone groups is 1. The van der Waals surface area contributed by atoms with Crippen molar-refractivity contribution in [3.63, 3.8) is 0 Å². The van der Waals surface area contributed by atoms with Crippen molar-refractivity contribution in [3.05, 3.63) is 101 Å². The van der Waals surface area contributed by atoms with E-state index in [1.54, 1.807) is 48.5 Å². The predicted octanol–water partition coefficient (Wildman–Crippen LogP) is 4.77. The molecule has 0 aliphatic carbocycles. The average Bonchev–Trinajstić information content (AvgIpc) is 2.94. The zero-order chi connectivity index (χ0) is 31.1. The van der Waals surface area contributed by atoms with Crippen LogP contribution in [0.3, 0.4) is 0 Å². The maximum absolute atomic E-state index is 13.9. The topological polar surface area (TPSA) is 139 Å². The van der Waals surface area contributed by atoms with Gasteiger partial charge in [0.2, 0.25) is 0 Å². The van der Waals surface area contributed by atoms with Crippen LogP contribution >= 0.6 is 0 Å². The second-order valence-corrected chi connectivity index (χ2v) is 12.1. The fourth-order valence-electron chi connectivity index (χ4n) is 4.05. The molecule has 0 aromatic heterocycles. The minimum Gasteiger partial charge on any atom is -0.465 e. The molecule has 0 fully saturated rings. The van der Waals surface area contributed by atoms with Gasteiger partial charge in [0.15, 0.2) is 15.6 Å². The van der Waals surface area contributed by atoms with Crippen LogP contribution in [0.25, 0.3) is 0 Å². The van der Waals surface area contributed by atoms with Gasteiger partial charge < -0.3 is 18.9 Å². The molecular formula is C31H32O10S. The third kappa shape index (κ3) is 7.22. The van der Waals surface area contributed by atoms with E-state index in [-0.39, 0.29) is 22.8 Å². The molecule has 222 valence electrons. The van der Waals surface area contributed by atoms with Crippen LogP contribution in [-0.4, -0.2) is 51.6 Å². The van der Waals surface area contributed by atoms with Gasteiger partial charge in [0.25, 0.3) is 0 Å². The zero-order valence-electron chi connectivity index (χ0n) is 23.9. The van der Waals surface area contributed by atoms with Gasteiger partial charge in [-0.15, -0.1) is 0 Å². The molecule has 1 unspecified atom stereocenters. The van der Waals surface area contributed by atoms with Crippen LogP contribution in [0.2, 0.25) is 0 Å². The van der Waals surface area contributed by atoms with E-state index >= 15 is 0 Å². The van der Waals surface area contributed by atoms with Gasteiger partial charge >= 0.3 is 23.7 Å². The van der Waals surface area contributed by atoms with Gasteiger partial charge in [-0.3, -0.25) is 4.79 Å². The molecule has 0 spiro atoms. The monoisotopic (exact) mass is 596 g/mol. The highest BCUT2D eigenvalue weighted by molar-refractivity contribution is 7.90. The van der Waals surface area contributed by atoms with Crippen molar-refractivity contribution >= 4 is 33.7 Å². The van der Waals surface area contributed by atoms with Gasteiger partial charge in [0, 0.05) is 16.7 Å². The molecule has 1 atom stereocenters. The Morgan fingerprint density at radius 3 is 1.93 bits per heavy atom. The van der Waals surface area contributed by atoms with Gasteiger partial charge in [0.1, 0.15) is 5.60 Å². The van der Waals surface area contributed by atoms with Crippen LogP contribution in [0.1, 0.15) is 54.7 Å². The van der Waals surface area contributed by atoms with Crippen molar-refractivity contribution in [1.29, 1.82) is 0 Å². The van der Waals surface area contributed by atoms with Gasteiger partial charge in [-0.1, -0.05) is 66.7 Å². The van der Waals surface area contributed by atoms with Crippen LogP contribution in [0.4, 0.5) is 4.79 Å². The third-order valence-corrected chi connectivity index (χ3v) is 7.56. The number of esters is 2. The lowest BCUT2D eigenvalue weighted by molar-refractivity contribution is -0.188. The number of carbonyl (C=O) groups is 4. The van der Waals surface area contributed by atoms with Crippen molar-refractivity contribution in [1.82, 2.24) is 0 Å². The second-order valence-electron chi connectivity index (χ2n) is 10.1. The quantitative estimate of drug-likeness (QED) is 0.139. The minimum atomic E-state index is -4.03. The maximum atomic E-state index is 13.9. The maximum Gasteiger partial charge on any atom is 0.510 e. The molecule has 0 heterocycles. The van der Waals surface area contributed by atoms with Crippen molar-refractivity contribution in [2.24, 2.45) is 0 Å². The Bertz CT molecular complexity index is 1560. The van der Waals surface area contributed by atoms with Gasteiger partial charge in [0.05, 0.1) is 24.4 Å². The highest BCUT2D eigenvalue weighted by Gasteiger charge is 2.57. The first-order valence-corrected chi connectivity index (χ1v) is 14.6. The van der Waals surface area contributed by atoms with Crippen molar-refractivity contribution in [2.45, 2.75) is 49.5 Å². The van der Waals surface area contributed by atoms with E-state index in [4.69, 9.17) is 18.9 Å². The zero-order valence-corrected chi connectivity index (χ0v) is 24.7. The molecule has 0 bridgehead atoms. The number of benzene rings is 3. The average molecular weight is 597 g/mol. The Kier molecular flexibility index (Phi) is 9.90. The van der Waals surface area contributed by atoms with E-state index in [1.807, 2.05) is 0 Å². The fourth-order valence-corrected chi connectivity index (χ4v) is 5.42. The van der Waals surface area contributed by atoms with E-state index in [0.29, 0.717) is 5.56 Å². The molecule has 3 aromatic rings. The molecule has 0 N–H and O–H groups in total. The number of methoxy groups -OCH3 is 1. The van der Waals surface area contributed by atoms with Crippen LogP contribution in [-0.2, 0) is 49.7 Å². The highest BCUT2D eigenvalue weighted by Crippen LogP contribution is 2.36. The molecule has 0 aliphatic rings. The van der Waals surface area contributed by atoms with E-state index in [2.05, 4.69) is 0 Å². The summed E-state index contributed by atoms with van der Waals surface area (Å²) in [5.74, 6) is -3.91. The summed E-state index contributed by atoms with van der Waals surface area (Å²) in [6.07, 6.45) is -1.43. The number of hydrogen-bond acceptors (Lipinski definition) is 10. The van der Waals surface area contributed by atoms with Crippen LogP contribution in [0.5, 0.6) is 0 Å². The first kappa shape index (κ1) is 32.0. The fraction of sp³-hybridized carbons (Fsp3) is 0.290. The first-order valence-electron chi connectivity index (χ1n) is 12.9. The summed E-state index contributed by atoms with van der Waals surface area (Å²) in [5, 5.41) is 0. The standard InChI is InChI=1S/C31H32O10S/c1-6-39-28(34)31(27(33)38-5,41-29(35)40-30(2,3)4)25-18-17-23(42(36,37)20-21-13-9-7-10-14-21)19-24(25)26(32)22-15-11-8-12-16-22/h7-19H,6,20H2,1-5H3. The molecule has 10 nitrogen and oxygen atoms in total. The second kappa shape index (κ2) is 13.0. The number of ketones is 1. The SMILES string of the molecule is CCOC(=O)C(OC(=O)OC(C)(C)C)(C(=O)OC)c1ccc(S(=O)(=O)Cc2ccccc2)cc1C(=O)c1ccccc1. The lowest BCUT2D eigenvalue weighted by atomic mass is 9.86. The third-order valence-electron chi connectivity index (χ3n) is 5.87. The van der Waals surface area contributed by atoms with Crippen LogP contribution in [0, 0.1) is 0 Å². The molecule has 0 amide bonds. The predicted molar refractivity (Wildman–Crippen MR) is 151 cm³/mol. The Balaban J connectivity index is 2.33. The lowest BCUT2D eigenvalue weighted by Gasteiger charge is -2.31. The number of rotatable bonds is 10. The molecule has 0 saturated carbocycles. The summed E-state index contributed by atoms with van der Waals surface area (Å²) < 4.78 is 47.5. The molecule has 3 rings (SSSR count). The summed E-state index contributed by atoms with van der Waals surface area (Å²) in [5.41, 5.74) is -4.33. The first-order chi connectivity index (χ1) is 19.7. The smallest absolute Gasteiger partial charge is 0.465 e. The normalized spacial score (nSPS) is 12.9. The molecule has 3 aromatic carbocycles. The van der Waals surface area contributed by atoms with Gasteiger partial charge in [-0.05, 0) is 45.4 Å². The van der Waals surface area contributed by atoms with Crippen LogP contribution in [0.15, 0.2) is 83.8 Å². The Labute approximate surface area is 244 Å². The summed E-state index contributed by atoms with van der Waals surface area (Å²) in [7, 11) is -3.08. The van der Waals surface area contributed by atoms with E-state index in [0.717, 1.165) is 25.3 Å². The van der Waals surface area contributed by atoms with E-state index in [1.165, 1.54) is 39.8 Å². The van der Waals surface area contributed by atoms with Crippen molar-refractivity contribution < 1.29 is 46.5 Å². The molecule has 11 heteroatoms. The molecule has 0 saturated heterocycles. The minimum absolute atomic E-state index is 0.108. The molecule has 0 radical (unpaired) electrons. The van der Waals surface area contributed by atoms with Crippen molar-refractivity contribution in [3.8, 4) is 0 Å². The van der Waals surface area contributed by atoms with Crippen molar-refractivity contribution in [2.75, 3.05) is 13.7 Å². The van der Waals surface area contributed by atoms with Gasteiger partial charge in [-0.25, -0.2) is 22.8 Å². The molecular weight excluding hydrogens is 564 g/mol. The lowest BCUT2D eigenvalue weighted by Crippen LogP contribution is -2.51. The Morgan fingerprint density at radius 2 is 1.38 bits per heavy atom. The van der Waals surface area contributed by atoms with Gasteiger partial charge in [-0.2, -0.15) is 0 Å². The number of carbonyl (C=O) groups excluding carboxylic acids is 4. The highest BCUT2D eigenvalue weighted by atomic mass is 32.2. The van der Waals surface area contributed by atoms with E-state index in [9.17, 15) is 27.6 Å². The Morgan fingerprint density at radius 1 is 0.786 bits per heavy atom. The summed E-state index contributed by atoms with van der Waals surface area (Å²) in [4.78, 5) is 53.5. The summed E-state index contributed by atoms with van der Waals surface area (Å²) in [6, 6.07) is 19.4. The summed E-state index contributed by atoms with van der Waals surface area (Å²) in [6.45, 7) is 5.84.